The fourth-order valence-corrected chi connectivity index (χ4v) is 1.80. The highest BCUT2D eigenvalue weighted by Crippen LogP contribution is 2.08. The molecule has 0 radical (unpaired) electrons. The molecule has 0 saturated heterocycles. The smallest absolute Gasteiger partial charge is 0.208 e. The lowest BCUT2D eigenvalue weighted by Crippen LogP contribution is -2.22. The van der Waals surface area contributed by atoms with Crippen molar-refractivity contribution in [2.45, 2.75) is 46.0 Å². The van der Waals surface area contributed by atoms with Crippen LogP contribution in [0.1, 0.15) is 46.0 Å². The second-order valence-corrected chi connectivity index (χ2v) is 6.10. The average Bonchev–Trinajstić information content (AvgIpc) is 2.00. The summed E-state index contributed by atoms with van der Waals surface area (Å²) >= 11 is 0. The standard InChI is InChI=1S/C10H23NO2S/c1-10(2)8-6-4-5-7-9-11-14(3,12)13/h10-11H,4-9H2,1-3H3. The second-order valence-electron chi connectivity index (χ2n) is 4.26. The van der Waals surface area contributed by atoms with Crippen molar-refractivity contribution in [3.05, 3.63) is 0 Å². The molecule has 1 N–H and O–H groups in total. The summed E-state index contributed by atoms with van der Waals surface area (Å²) in [7, 11) is -2.98. The lowest BCUT2D eigenvalue weighted by Gasteiger charge is -2.04. The summed E-state index contributed by atoms with van der Waals surface area (Å²) in [6.45, 7) is 5.04. The van der Waals surface area contributed by atoms with Crippen LogP contribution >= 0.6 is 0 Å². The number of nitrogens with one attached hydrogen (secondary N) is 1. The number of hydrogen-bond donors (Lipinski definition) is 1. The molecule has 0 aliphatic carbocycles. The Hall–Kier alpha value is -0.0900. The first-order chi connectivity index (χ1) is 6.42. The minimum absolute atomic E-state index is 0.584. The lowest BCUT2D eigenvalue weighted by atomic mass is 10.0. The van der Waals surface area contributed by atoms with Crippen LogP contribution in [-0.4, -0.2) is 21.2 Å². The summed E-state index contributed by atoms with van der Waals surface area (Å²) in [4.78, 5) is 0. The molecule has 0 spiro atoms. The van der Waals surface area contributed by atoms with E-state index in [9.17, 15) is 8.42 Å². The van der Waals surface area contributed by atoms with Crippen LogP contribution in [0.4, 0.5) is 0 Å². The highest BCUT2D eigenvalue weighted by atomic mass is 32.2. The molecule has 3 nitrogen and oxygen atoms in total. The van der Waals surface area contributed by atoms with Gasteiger partial charge in [0.15, 0.2) is 0 Å². The molecular formula is C10H23NO2S. The van der Waals surface area contributed by atoms with Crippen LogP contribution in [-0.2, 0) is 10.0 Å². The van der Waals surface area contributed by atoms with Crippen molar-refractivity contribution in [2.75, 3.05) is 12.8 Å². The van der Waals surface area contributed by atoms with Crippen LogP contribution < -0.4 is 4.72 Å². The molecule has 0 aromatic heterocycles. The number of hydrogen-bond acceptors (Lipinski definition) is 2. The Labute approximate surface area is 88.3 Å². The Morgan fingerprint density at radius 2 is 1.64 bits per heavy atom. The predicted molar refractivity (Wildman–Crippen MR) is 60.8 cm³/mol. The van der Waals surface area contributed by atoms with E-state index >= 15 is 0 Å². The predicted octanol–water partition coefficient (Wildman–Crippen LogP) is 2.14. The van der Waals surface area contributed by atoms with Crippen LogP contribution in [0.5, 0.6) is 0 Å². The molecule has 0 amide bonds. The van der Waals surface area contributed by atoms with E-state index in [1.165, 1.54) is 25.5 Å². The molecule has 0 heterocycles. The number of unbranched alkanes of at least 4 members (excludes halogenated alkanes) is 3. The van der Waals surface area contributed by atoms with Crippen molar-refractivity contribution < 1.29 is 8.42 Å². The summed E-state index contributed by atoms with van der Waals surface area (Å²) in [6, 6.07) is 0. The monoisotopic (exact) mass is 221 g/mol. The summed E-state index contributed by atoms with van der Waals surface area (Å²) in [5.74, 6) is 0.782. The van der Waals surface area contributed by atoms with Crippen LogP contribution in [0.3, 0.4) is 0 Å². The van der Waals surface area contributed by atoms with Crippen molar-refractivity contribution in [3.63, 3.8) is 0 Å². The van der Waals surface area contributed by atoms with E-state index in [0.717, 1.165) is 18.8 Å². The van der Waals surface area contributed by atoms with E-state index in [0.29, 0.717) is 6.54 Å². The van der Waals surface area contributed by atoms with Crippen molar-refractivity contribution in [1.29, 1.82) is 0 Å². The molecule has 0 aliphatic rings. The average molecular weight is 221 g/mol. The van der Waals surface area contributed by atoms with E-state index in [-0.39, 0.29) is 0 Å². The largest absolute Gasteiger partial charge is 0.215 e. The van der Waals surface area contributed by atoms with Gasteiger partial charge in [-0.1, -0.05) is 39.5 Å². The first kappa shape index (κ1) is 13.9. The van der Waals surface area contributed by atoms with E-state index in [4.69, 9.17) is 0 Å². The molecular weight excluding hydrogens is 198 g/mol. The molecule has 4 heteroatoms. The van der Waals surface area contributed by atoms with Gasteiger partial charge in [-0.25, -0.2) is 13.1 Å². The molecule has 86 valence electrons. The van der Waals surface area contributed by atoms with Crippen molar-refractivity contribution in [1.82, 2.24) is 4.72 Å². The third-order valence-electron chi connectivity index (χ3n) is 2.07. The van der Waals surface area contributed by atoms with Gasteiger partial charge in [-0.05, 0) is 12.3 Å². The maximum Gasteiger partial charge on any atom is 0.208 e. The molecule has 0 atom stereocenters. The van der Waals surface area contributed by atoms with Gasteiger partial charge in [0.2, 0.25) is 10.0 Å². The van der Waals surface area contributed by atoms with Gasteiger partial charge in [-0.2, -0.15) is 0 Å². The van der Waals surface area contributed by atoms with Gasteiger partial charge >= 0.3 is 0 Å². The first-order valence-electron chi connectivity index (χ1n) is 5.36. The van der Waals surface area contributed by atoms with Crippen molar-refractivity contribution in [2.24, 2.45) is 5.92 Å². The van der Waals surface area contributed by atoms with Crippen LogP contribution in [0.2, 0.25) is 0 Å². The van der Waals surface area contributed by atoms with Crippen LogP contribution in [0.25, 0.3) is 0 Å². The molecule has 0 bridgehead atoms. The van der Waals surface area contributed by atoms with Crippen molar-refractivity contribution >= 4 is 10.0 Å². The minimum atomic E-state index is -2.98. The van der Waals surface area contributed by atoms with Gasteiger partial charge in [0.05, 0.1) is 6.26 Å². The van der Waals surface area contributed by atoms with Gasteiger partial charge in [-0.15, -0.1) is 0 Å². The molecule has 0 unspecified atom stereocenters. The van der Waals surface area contributed by atoms with Gasteiger partial charge in [0.25, 0.3) is 0 Å². The molecule has 0 aromatic rings. The summed E-state index contributed by atoms with van der Waals surface area (Å²) in [5.41, 5.74) is 0. The summed E-state index contributed by atoms with van der Waals surface area (Å²) in [5, 5.41) is 0. The normalized spacial score (nSPS) is 12.3. The molecule has 0 aliphatic heterocycles. The van der Waals surface area contributed by atoms with Gasteiger partial charge < -0.3 is 0 Å². The lowest BCUT2D eigenvalue weighted by molar-refractivity contribution is 0.518. The zero-order valence-electron chi connectivity index (χ0n) is 9.54. The fraction of sp³-hybridized carbons (Fsp3) is 1.00. The van der Waals surface area contributed by atoms with E-state index in [1.807, 2.05) is 0 Å². The molecule has 0 rings (SSSR count). The van der Waals surface area contributed by atoms with Crippen LogP contribution in [0, 0.1) is 5.92 Å². The van der Waals surface area contributed by atoms with Crippen molar-refractivity contribution in [3.8, 4) is 0 Å². The first-order valence-corrected chi connectivity index (χ1v) is 7.25. The van der Waals surface area contributed by atoms with E-state index in [1.54, 1.807) is 0 Å². The maximum absolute atomic E-state index is 10.7. The SMILES string of the molecule is CC(C)CCCCCCNS(C)(=O)=O. The summed E-state index contributed by atoms with van der Waals surface area (Å²) < 4.78 is 23.9. The highest BCUT2D eigenvalue weighted by molar-refractivity contribution is 7.88. The minimum Gasteiger partial charge on any atom is -0.215 e. The molecule has 0 saturated carbocycles. The zero-order valence-corrected chi connectivity index (χ0v) is 10.4. The number of rotatable bonds is 8. The molecule has 14 heavy (non-hydrogen) atoms. The zero-order chi connectivity index (χ0) is 11.0. The Kier molecular flexibility index (Phi) is 7.19. The quantitative estimate of drug-likeness (QED) is 0.638. The third-order valence-corrected chi connectivity index (χ3v) is 2.80. The summed E-state index contributed by atoms with van der Waals surface area (Å²) in [6.07, 6.45) is 7.02. The van der Waals surface area contributed by atoms with E-state index in [2.05, 4.69) is 18.6 Å². The third kappa shape index (κ3) is 11.9. The van der Waals surface area contributed by atoms with E-state index < -0.39 is 10.0 Å². The van der Waals surface area contributed by atoms with Gasteiger partial charge in [0, 0.05) is 6.54 Å². The number of sulfonamides is 1. The Bertz CT molecular complexity index is 222. The second kappa shape index (κ2) is 7.23. The highest BCUT2D eigenvalue weighted by Gasteiger charge is 1.98. The fourth-order valence-electron chi connectivity index (χ4n) is 1.29. The topological polar surface area (TPSA) is 46.2 Å². The van der Waals surface area contributed by atoms with Crippen LogP contribution in [0.15, 0.2) is 0 Å². The Morgan fingerprint density at radius 3 is 2.14 bits per heavy atom. The maximum atomic E-state index is 10.7. The van der Waals surface area contributed by atoms with Gasteiger partial charge in [-0.3, -0.25) is 0 Å². The molecule has 0 aromatic carbocycles. The Morgan fingerprint density at radius 1 is 1.07 bits per heavy atom. The Balaban J connectivity index is 3.15. The van der Waals surface area contributed by atoms with Gasteiger partial charge in [0.1, 0.15) is 0 Å². The molecule has 0 fully saturated rings.